The van der Waals surface area contributed by atoms with E-state index in [0.29, 0.717) is 22.3 Å². The van der Waals surface area contributed by atoms with Crippen LogP contribution < -0.4 is 5.32 Å². The minimum atomic E-state index is -0.0714. The Labute approximate surface area is 112 Å². The molecule has 0 aliphatic carbocycles. The van der Waals surface area contributed by atoms with E-state index >= 15 is 0 Å². The number of benzene rings is 1. The summed E-state index contributed by atoms with van der Waals surface area (Å²) in [5.74, 6) is -0.0714. The second-order valence-corrected chi connectivity index (χ2v) is 4.48. The zero-order valence-electron chi connectivity index (χ0n) is 9.96. The first-order chi connectivity index (χ1) is 8.06. The largest absolute Gasteiger partial charge is 0.324 e. The summed E-state index contributed by atoms with van der Waals surface area (Å²) in [6, 6.07) is 5.00. The predicted octanol–water partition coefficient (Wildman–Crippen LogP) is 3.27. The lowest BCUT2D eigenvalue weighted by atomic mass is 10.3. The van der Waals surface area contributed by atoms with Crippen molar-refractivity contribution in [2.24, 2.45) is 0 Å². The van der Waals surface area contributed by atoms with Gasteiger partial charge in [0.25, 0.3) is 0 Å². The highest BCUT2D eigenvalue weighted by Gasteiger charge is 2.09. The van der Waals surface area contributed by atoms with Crippen LogP contribution in [0.5, 0.6) is 0 Å². The molecule has 0 bridgehead atoms. The van der Waals surface area contributed by atoms with Crippen molar-refractivity contribution in [1.82, 2.24) is 4.90 Å². The van der Waals surface area contributed by atoms with Crippen LogP contribution in [0.3, 0.4) is 0 Å². The van der Waals surface area contributed by atoms with Gasteiger partial charge in [0, 0.05) is 5.02 Å². The average molecular weight is 275 g/mol. The molecule has 0 saturated heterocycles. The van der Waals surface area contributed by atoms with Crippen LogP contribution in [0.15, 0.2) is 18.2 Å². The van der Waals surface area contributed by atoms with Crippen molar-refractivity contribution >= 4 is 34.8 Å². The van der Waals surface area contributed by atoms with Crippen LogP contribution in [0.25, 0.3) is 0 Å². The van der Waals surface area contributed by atoms with Crippen molar-refractivity contribution in [3.8, 4) is 0 Å². The zero-order chi connectivity index (χ0) is 12.8. The van der Waals surface area contributed by atoms with Gasteiger partial charge in [-0.05, 0) is 31.3 Å². The number of nitrogens with zero attached hydrogens (tertiary/aromatic N) is 1. The highest BCUT2D eigenvalue weighted by molar-refractivity contribution is 6.36. The monoisotopic (exact) mass is 274 g/mol. The molecule has 5 heteroatoms. The van der Waals surface area contributed by atoms with Gasteiger partial charge in [0.15, 0.2) is 0 Å². The fourth-order valence-corrected chi connectivity index (χ4v) is 1.89. The fourth-order valence-electron chi connectivity index (χ4n) is 1.43. The molecule has 1 aromatic rings. The molecule has 0 aliphatic heterocycles. The topological polar surface area (TPSA) is 32.3 Å². The minimum Gasteiger partial charge on any atom is -0.324 e. The molecule has 1 N–H and O–H groups in total. The molecule has 17 heavy (non-hydrogen) atoms. The van der Waals surface area contributed by atoms with Crippen LogP contribution in [0.1, 0.15) is 13.8 Å². The van der Waals surface area contributed by atoms with Crippen molar-refractivity contribution in [2.45, 2.75) is 13.8 Å². The van der Waals surface area contributed by atoms with Gasteiger partial charge in [0.2, 0.25) is 5.91 Å². The summed E-state index contributed by atoms with van der Waals surface area (Å²) in [5.41, 5.74) is 0.591. The standard InChI is InChI=1S/C12H16Cl2N2O/c1-3-16(4-2)8-12(17)15-11-6-5-9(13)7-10(11)14/h5-7H,3-4,8H2,1-2H3,(H,15,17). The number of halogens is 2. The molecule has 0 atom stereocenters. The predicted molar refractivity (Wildman–Crippen MR) is 72.9 cm³/mol. The molecule has 0 unspecified atom stereocenters. The van der Waals surface area contributed by atoms with Crippen molar-refractivity contribution in [2.75, 3.05) is 25.0 Å². The van der Waals surface area contributed by atoms with Crippen LogP contribution >= 0.6 is 23.2 Å². The zero-order valence-corrected chi connectivity index (χ0v) is 11.5. The number of amides is 1. The summed E-state index contributed by atoms with van der Waals surface area (Å²) >= 11 is 11.7. The van der Waals surface area contributed by atoms with Gasteiger partial charge in [-0.3, -0.25) is 9.69 Å². The first-order valence-electron chi connectivity index (χ1n) is 5.54. The smallest absolute Gasteiger partial charge is 0.238 e. The third-order valence-electron chi connectivity index (χ3n) is 2.47. The molecule has 0 heterocycles. The normalized spacial score (nSPS) is 10.6. The number of carbonyl (C=O) groups is 1. The van der Waals surface area contributed by atoms with Crippen LogP contribution in [0.2, 0.25) is 10.0 Å². The van der Waals surface area contributed by atoms with Gasteiger partial charge in [-0.15, -0.1) is 0 Å². The molecule has 0 aromatic heterocycles. The average Bonchev–Trinajstić information content (AvgIpc) is 2.29. The Morgan fingerprint density at radius 2 is 1.94 bits per heavy atom. The second-order valence-electron chi connectivity index (χ2n) is 3.63. The van der Waals surface area contributed by atoms with Gasteiger partial charge in [0.05, 0.1) is 17.3 Å². The molecule has 1 rings (SSSR count). The summed E-state index contributed by atoms with van der Waals surface area (Å²) < 4.78 is 0. The van der Waals surface area contributed by atoms with E-state index in [1.165, 1.54) is 0 Å². The highest BCUT2D eigenvalue weighted by Crippen LogP contribution is 2.25. The molecule has 1 aromatic carbocycles. The maximum Gasteiger partial charge on any atom is 0.238 e. The molecule has 0 aliphatic rings. The van der Waals surface area contributed by atoms with Gasteiger partial charge in [-0.1, -0.05) is 37.0 Å². The van der Waals surface area contributed by atoms with E-state index in [9.17, 15) is 4.79 Å². The molecule has 1 amide bonds. The molecule has 0 spiro atoms. The van der Waals surface area contributed by atoms with E-state index in [0.717, 1.165) is 13.1 Å². The van der Waals surface area contributed by atoms with Gasteiger partial charge in [0.1, 0.15) is 0 Å². The third-order valence-corrected chi connectivity index (χ3v) is 3.01. The van der Waals surface area contributed by atoms with E-state index in [2.05, 4.69) is 5.32 Å². The Hall–Kier alpha value is -0.770. The SMILES string of the molecule is CCN(CC)CC(=O)Nc1ccc(Cl)cc1Cl. The Morgan fingerprint density at radius 3 is 2.47 bits per heavy atom. The van der Waals surface area contributed by atoms with Crippen molar-refractivity contribution in [3.63, 3.8) is 0 Å². The molecule has 0 fully saturated rings. The van der Waals surface area contributed by atoms with Crippen LogP contribution in [-0.2, 0) is 4.79 Å². The Morgan fingerprint density at radius 1 is 1.29 bits per heavy atom. The van der Waals surface area contributed by atoms with Gasteiger partial charge in [-0.25, -0.2) is 0 Å². The Bertz CT molecular complexity index is 392. The van der Waals surface area contributed by atoms with Gasteiger partial charge < -0.3 is 5.32 Å². The molecule has 0 radical (unpaired) electrons. The number of hydrogen-bond donors (Lipinski definition) is 1. The summed E-state index contributed by atoms with van der Waals surface area (Å²) in [6.07, 6.45) is 0. The van der Waals surface area contributed by atoms with Crippen LogP contribution in [0.4, 0.5) is 5.69 Å². The summed E-state index contributed by atoms with van der Waals surface area (Å²) in [7, 11) is 0. The van der Waals surface area contributed by atoms with E-state index in [1.54, 1.807) is 18.2 Å². The maximum atomic E-state index is 11.7. The minimum absolute atomic E-state index is 0.0714. The molecular weight excluding hydrogens is 259 g/mol. The van der Waals surface area contributed by atoms with Crippen LogP contribution in [-0.4, -0.2) is 30.4 Å². The van der Waals surface area contributed by atoms with Crippen molar-refractivity contribution in [3.05, 3.63) is 28.2 Å². The quantitative estimate of drug-likeness (QED) is 0.894. The third kappa shape index (κ3) is 4.54. The molecule has 94 valence electrons. The summed E-state index contributed by atoms with van der Waals surface area (Å²) in [6.45, 7) is 6.10. The lowest BCUT2D eigenvalue weighted by Crippen LogP contribution is -2.32. The van der Waals surface area contributed by atoms with Crippen molar-refractivity contribution < 1.29 is 4.79 Å². The van der Waals surface area contributed by atoms with E-state index in [1.807, 2.05) is 18.7 Å². The molecule has 0 saturated carbocycles. The van der Waals surface area contributed by atoms with Gasteiger partial charge >= 0.3 is 0 Å². The Balaban J connectivity index is 2.62. The lowest BCUT2D eigenvalue weighted by molar-refractivity contribution is -0.117. The molecular formula is C12H16Cl2N2O. The Kier molecular flexibility index (Phi) is 5.75. The lowest BCUT2D eigenvalue weighted by Gasteiger charge is -2.17. The molecule has 3 nitrogen and oxygen atoms in total. The number of rotatable bonds is 5. The highest BCUT2D eigenvalue weighted by atomic mass is 35.5. The number of hydrogen-bond acceptors (Lipinski definition) is 2. The van der Waals surface area contributed by atoms with E-state index in [-0.39, 0.29) is 5.91 Å². The van der Waals surface area contributed by atoms with Gasteiger partial charge in [-0.2, -0.15) is 0 Å². The maximum absolute atomic E-state index is 11.7. The fraction of sp³-hybridized carbons (Fsp3) is 0.417. The summed E-state index contributed by atoms with van der Waals surface area (Å²) in [4.78, 5) is 13.8. The first-order valence-corrected chi connectivity index (χ1v) is 6.29. The number of nitrogens with one attached hydrogen (secondary N) is 1. The summed E-state index contributed by atoms with van der Waals surface area (Å²) in [5, 5.41) is 3.77. The van der Waals surface area contributed by atoms with E-state index < -0.39 is 0 Å². The van der Waals surface area contributed by atoms with E-state index in [4.69, 9.17) is 23.2 Å². The second kappa shape index (κ2) is 6.84. The number of anilines is 1. The first kappa shape index (κ1) is 14.3. The van der Waals surface area contributed by atoms with Crippen molar-refractivity contribution in [1.29, 1.82) is 0 Å². The van der Waals surface area contributed by atoms with Crippen LogP contribution in [0, 0.1) is 0 Å². The number of carbonyl (C=O) groups excluding carboxylic acids is 1. The number of likely N-dealkylation sites (N-methyl/N-ethyl adjacent to an activating group) is 1.